The number of imide groups is 1. The van der Waals surface area contributed by atoms with E-state index in [1.165, 1.54) is 4.90 Å². The van der Waals surface area contributed by atoms with Gasteiger partial charge in [0, 0.05) is 5.56 Å². The number of amides is 2. The number of likely N-dealkylation sites (tertiary alicyclic amines) is 1. The second kappa shape index (κ2) is 5.99. The van der Waals surface area contributed by atoms with Crippen molar-refractivity contribution in [3.63, 3.8) is 0 Å². The maximum atomic E-state index is 12.4. The number of methoxy groups -OCH3 is 1. The summed E-state index contributed by atoms with van der Waals surface area (Å²) >= 11 is 0. The molecule has 5 nitrogen and oxygen atoms in total. The Kier molecular flexibility index (Phi) is 4.48. The molecule has 114 valence electrons. The van der Waals surface area contributed by atoms with Gasteiger partial charge in [0.05, 0.1) is 26.2 Å². The largest absolute Gasteiger partial charge is 0.497 e. The first-order valence-corrected chi connectivity index (χ1v) is 10.4. The highest BCUT2D eigenvalue weighted by Gasteiger charge is 2.36. The molecule has 0 N–H and O–H groups in total. The highest BCUT2D eigenvalue weighted by Crippen LogP contribution is 2.21. The zero-order valence-electron chi connectivity index (χ0n) is 12.9. The highest BCUT2D eigenvalue weighted by atomic mass is 28.4. The molecular formula is C15H21NO4Si. The maximum Gasteiger partial charge on any atom is 0.260 e. The molecule has 21 heavy (non-hydrogen) atoms. The number of carbonyl (C=O) groups excluding carboxylic acids is 2. The lowest BCUT2D eigenvalue weighted by Gasteiger charge is -2.22. The molecule has 0 radical (unpaired) electrons. The van der Waals surface area contributed by atoms with E-state index in [4.69, 9.17) is 9.16 Å². The molecule has 0 bridgehead atoms. The van der Waals surface area contributed by atoms with Gasteiger partial charge in [-0.25, -0.2) is 0 Å². The summed E-state index contributed by atoms with van der Waals surface area (Å²) in [5.74, 6) is 0.239. The van der Waals surface area contributed by atoms with Crippen LogP contribution in [0.25, 0.3) is 0 Å². The third kappa shape index (κ3) is 3.92. The first-order valence-electron chi connectivity index (χ1n) is 6.97. The Labute approximate surface area is 126 Å². The third-order valence-electron chi connectivity index (χ3n) is 3.19. The van der Waals surface area contributed by atoms with Crippen LogP contribution in [0.2, 0.25) is 19.6 Å². The van der Waals surface area contributed by atoms with E-state index in [1.54, 1.807) is 31.4 Å². The monoisotopic (exact) mass is 307 g/mol. The summed E-state index contributed by atoms with van der Waals surface area (Å²) < 4.78 is 11.0. The van der Waals surface area contributed by atoms with Crippen LogP contribution in [0.1, 0.15) is 16.8 Å². The van der Waals surface area contributed by atoms with Crippen molar-refractivity contribution in [1.82, 2.24) is 4.90 Å². The van der Waals surface area contributed by atoms with Crippen molar-refractivity contribution in [3.05, 3.63) is 29.8 Å². The molecule has 2 rings (SSSR count). The number of hydrogen-bond acceptors (Lipinski definition) is 4. The normalized spacial score (nSPS) is 19.0. The molecule has 1 aliphatic heterocycles. The van der Waals surface area contributed by atoms with Gasteiger partial charge in [0.1, 0.15) is 5.75 Å². The molecule has 1 heterocycles. The van der Waals surface area contributed by atoms with E-state index in [1.807, 2.05) is 0 Å². The standard InChI is InChI=1S/C15H21NO4Si/c1-19-12-7-5-11(6-8-12)15(18)16-10-13(9-14(16)17)20-21(2,3)4/h5-8,13H,9-10H2,1-4H3/t13-/m1/s1. The molecule has 0 unspecified atom stereocenters. The molecule has 0 saturated carbocycles. The van der Waals surface area contributed by atoms with Crippen molar-refractivity contribution in [3.8, 4) is 5.75 Å². The van der Waals surface area contributed by atoms with E-state index in [2.05, 4.69) is 19.6 Å². The topological polar surface area (TPSA) is 55.8 Å². The molecule has 2 amide bonds. The van der Waals surface area contributed by atoms with E-state index in [0.717, 1.165) is 0 Å². The lowest BCUT2D eigenvalue weighted by Crippen LogP contribution is -2.36. The zero-order valence-corrected chi connectivity index (χ0v) is 13.9. The van der Waals surface area contributed by atoms with Crippen molar-refractivity contribution in [2.75, 3.05) is 13.7 Å². The van der Waals surface area contributed by atoms with Gasteiger partial charge in [0.2, 0.25) is 5.91 Å². The summed E-state index contributed by atoms with van der Waals surface area (Å²) in [6, 6.07) is 6.76. The predicted octanol–water partition coefficient (Wildman–Crippen LogP) is 2.29. The summed E-state index contributed by atoms with van der Waals surface area (Å²) in [4.78, 5) is 25.7. The molecule has 0 spiro atoms. The average molecular weight is 307 g/mol. The first-order chi connectivity index (χ1) is 9.80. The summed E-state index contributed by atoms with van der Waals surface area (Å²) in [7, 11) is -0.146. The molecule has 1 atom stereocenters. The SMILES string of the molecule is COc1ccc(C(=O)N2C[C@H](O[Si](C)(C)C)CC2=O)cc1. The van der Waals surface area contributed by atoms with Crippen LogP contribution in [0, 0.1) is 0 Å². The number of ether oxygens (including phenoxy) is 1. The molecule has 1 aliphatic rings. The maximum absolute atomic E-state index is 12.4. The smallest absolute Gasteiger partial charge is 0.260 e. The Morgan fingerprint density at radius 3 is 2.38 bits per heavy atom. The van der Waals surface area contributed by atoms with Gasteiger partial charge in [0.15, 0.2) is 8.32 Å². The minimum atomic E-state index is -1.71. The second-order valence-corrected chi connectivity index (χ2v) is 10.6. The molecular weight excluding hydrogens is 286 g/mol. The van der Waals surface area contributed by atoms with Gasteiger partial charge in [-0.2, -0.15) is 0 Å². The number of nitrogens with zero attached hydrogens (tertiary/aromatic N) is 1. The van der Waals surface area contributed by atoms with E-state index in [0.29, 0.717) is 17.9 Å². The van der Waals surface area contributed by atoms with Crippen molar-refractivity contribution >= 4 is 20.1 Å². The number of rotatable bonds is 4. The predicted molar refractivity (Wildman–Crippen MR) is 81.9 cm³/mol. The zero-order chi connectivity index (χ0) is 15.6. The van der Waals surface area contributed by atoms with Crippen LogP contribution >= 0.6 is 0 Å². The number of hydrogen-bond donors (Lipinski definition) is 0. The second-order valence-electron chi connectivity index (χ2n) is 6.09. The first kappa shape index (κ1) is 15.7. The fourth-order valence-electron chi connectivity index (χ4n) is 2.34. The van der Waals surface area contributed by atoms with Crippen molar-refractivity contribution < 1.29 is 18.8 Å². The van der Waals surface area contributed by atoms with Crippen LogP contribution in [0.3, 0.4) is 0 Å². The van der Waals surface area contributed by atoms with E-state index >= 15 is 0 Å². The molecule has 0 aromatic heterocycles. The Bertz CT molecular complexity index is 536. The highest BCUT2D eigenvalue weighted by molar-refractivity contribution is 6.69. The van der Waals surface area contributed by atoms with Crippen LogP contribution in [0.4, 0.5) is 0 Å². The van der Waals surface area contributed by atoms with Crippen LogP contribution in [-0.2, 0) is 9.22 Å². The molecule has 1 fully saturated rings. The van der Waals surface area contributed by atoms with E-state index < -0.39 is 8.32 Å². The molecule has 0 aliphatic carbocycles. The van der Waals surface area contributed by atoms with Crippen molar-refractivity contribution in [2.24, 2.45) is 0 Å². The summed E-state index contributed by atoms with van der Waals surface area (Å²) in [5.41, 5.74) is 0.484. The minimum Gasteiger partial charge on any atom is -0.497 e. The van der Waals surface area contributed by atoms with Crippen LogP contribution in [0.5, 0.6) is 5.75 Å². The summed E-state index contributed by atoms with van der Waals surface area (Å²) in [6.45, 7) is 6.57. The lowest BCUT2D eigenvalue weighted by molar-refractivity contribution is -0.125. The lowest BCUT2D eigenvalue weighted by atomic mass is 10.2. The fraction of sp³-hybridized carbons (Fsp3) is 0.467. The summed E-state index contributed by atoms with van der Waals surface area (Å²) in [5, 5.41) is 0. The Morgan fingerprint density at radius 2 is 1.86 bits per heavy atom. The average Bonchev–Trinajstić information content (AvgIpc) is 2.76. The molecule has 1 aromatic carbocycles. The van der Waals surface area contributed by atoms with Gasteiger partial charge < -0.3 is 9.16 Å². The van der Waals surface area contributed by atoms with Gasteiger partial charge in [-0.3, -0.25) is 14.5 Å². The fourth-order valence-corrected chi connectivity index (χ4v) is 3.50. The van der Waals surface area contributed by atoms with Crippen LogP contribution in [-0.4, -0.2) is 44.8 Å². The van der Waals surface area contributed by atoms with Crippen LogP contribution in [0.15, 0.2) is 24.3 Å². The van der Waals surface area contributed by atoms with Gasteiger partial charge in [0.25, 0.3) is 5.91 Å². The third-order valence-corrected chi connectivity index (χ3v) is 4.23. The van der Waals surface area contributed by atoms with E-state index in [9.17, 15) is 9.59 Å². The Hall–Kier alpha value is -1.66. The van der Waals surface area contributed by atoms with Crippen molar-refractivity contribution in [2.45, 2.75) is 32.2 Å². The van der Waals surface area contributed by atoms with Gasteiger partial charge in [-0.15, -0.1) is 0 Å². The van der Waals surface area contributed by atoms with Crippen LogP contribution < -0.4 is 4.74 Å². The van der Waals surface area contributed by atoms with E-state index in [-0.39, 0.29) is 24.3 Å². The number of carbonyl (C=O) groups is 2. The van der Waals surface area contributed by atoms with Gasteiger partial charge >= 0.3 is 0 Å². The van der Waals surface area contributed by atoms with Gasteiger partial charge in [-0.1, -0.05) is 0 Å². The Morgan fingerprint density at radius 1 is 1.24 bits per heavy atom. The molecule has 1 saturated heterocycles. The van der Waals surface area contributed by atoms with Gasteiger partial charge in [-0.05, 0) is 43.9 Å². The molecule has 1 aromatic rings. The molecule has 6 heteroatoms. The Balaban J connectivity index is 2.07. The quantitative estimate of drug-likeness (QED) is 0.632. The van der Waals surface area contributed by atoms with Crippen molar-refractivity contribution in [1.29, 1.82) is 0 Å². The minimum absolute atomic E-state index is 0.168. The number of benzene rings is 1. The summed E-state index contributed by atoms with van der Waals surface area (Å²) in [6.07, 6.45) is 0.109.